The number of sulfone groups is 1. The molecule has 1 aliphatic rings. The van der Waals surface area contributed by atoms with Gasteiger partial charge >= 0.3 is 0 Å². The Bertz CT molecular complexity index is 1350. The summed E-state index contributed by atoms with van der Waals surface area (Å²) >= 11 is 1.30. The molecule has 0 unspecified atom stereocenters. The van der Waals surface area contributed by atoms with Gasteiger partial charge in [0.1, 0.15) is 11.6 Å². The van der Waals surface area contributed by atoms with Gasteiger partial charge in [-0.15, -0.1) is 11.3 Å². The number of halogens is 2. The van der Waals surface area contributed by atoms with Crippen molar-refractivity contribution in [2.75, 3.05) is 11.1 Å². The lowest BCUT2D eigenvalue weighted by molar-refractivity contribution is -0.115. The highest BCUT2D eigenvalue weighted by Crippen LogP contribution is 2.32. The van der Waals surface area contributed by atoms with Crippen LogP contribution < -0.4 is 5.32 Å². The molecule has 0 atom stereocenters. The minimum absolute atomic E-state index is 0.0102. The second kappa shape index (κ2) is 9.58. The summed E-state index contributed by atoms with van der Waals surface area (Å²) in [7, 11) is -3.29. The fourth-order valence-corrected chi connectivity index (χ4v) is 5.55. The van der Waals surface area contributed by atoms with Crippen molar-refractivity contribution in [3.05, 3.63) is 75.3 Å². The molecule has 34 heavy (non-hydrogen) atoms. The number of benzene rings is 2. The Morgan fingerprint density at radius 3 is 2.47 bits per heavy atom. The van der Waals surface area contributed by atoms with Gasteiger partial charge in [0.15, 0.2) is 15.0 Å². The number of hydrogen-bond acceptors (Lipinski definition) is 7. The van der Waals surface area contributed by atoms with Gasteiger partial charge in [-0.3, -0.25) is 9.69 Å². The summed E-state index contributed by atoms with van der Waals surface area (Å²) < 4.78 is 52.1. The summed E-state index contributed by atoms with van der Waals surface area (Å²) in [4.78, 5) is 19.8. The zero-order valence-electron chi connectivity index (χ0n) is 18.1. The highest BCUT2D eigenvalue weighted by molar-refractivity contribution is 7.91. The first-order chi connectivity index (χ1) is 16.2. The fourth-order valence-electron chi connectivity index (χ4n) is 3.64. The second-order valence-electron chi connectivity index (χ2n) is 7.84. The zero-order chi connectivity index (χ0) is 24.5. The van der Waals surface area contributed by atoms with Crippen LogP contribution in [0.15, 0.2) is 41.3 Å². The quantitative estimate of drug-likeness (QED) is 0.527. The zero-order valence-corrected chi connectivity index (χ0v) is 19.8. The highest BCUT2D eigenvalue weighted by atomic mass is 32.2. The van der Waals surface area contributed by atoms with Crippen LogP contribution >= 0.6 is 11.3 Å². The van der Waals surface area contributed by atoms with Crippen LogP contribution in [0, 0.1) is 23.0 Å². The van der Waals surface area contributed by atoms with Crippen LogP contribution in [0.4, 0.5) is 13.9 Å². The number of thiazole rings is 1. The molecule has 1 aliphatic heterocycles. The van der Waals surface area contributed by atoms with Crippen molar-refractivity contribution in [3.8, 4) is 6.07 Å². The molecule has 7 nitrogen and oxygen atoms in total. The van der Waals surface area contributed by atoms with Crippen molar-refractivity contribution in [2.24, 2.45) is 0 Å². The van der Waals surface area contributed by atoms with E-state index in [1.54, 1.807) is 25.1 Å². The minimum atomic E-state index is -3.29. The van der Waals surface area contributed by atoms with Crippen LogP contribution in [0.1, 0.15) is 34.2 Å². The Hall–Kier alpha value is -3.20. The molecule has 0 bridgehead atoms. The largest absolute Gasteiger partial charge is 0.302 e. The monoisotopic (exact) mass is 502 g/mol. The molecule has 176 valence electrons. The number of nitriles is 1. The highest BCUT2D eigenvalue weighted by Gasteiger charge is 2.26. The first-order valence-corrected chi connectivity index (χ1v) is 12.9. The molecule has 2 heterocycles. The van der Waals surface area contributed by atoms with Gasteiger partial charge in [0.25, 0.3) is 0 Å². The summed E-state index contributed by atoms with van der Waals surface area (Å²) in [5.41, 5.74) is 1.25. The summed E-state index contributed by atoms with van der Waals surface area (Å²) in [5, 5.41) is 12.0. The van der Waals surface area contributed by atoms with E-state index in [-0.39, 0.29) is 40.6 Å². The number of amides is 1. The number of nitrogens with zero attached hydrogens (tertiary/aromatic N) is 3. The number of nitrogens with one attached hydrogen (secondary N) is 1. The SMILES string of the molecule is CCS(=O)(=O)c1ccc(CC(=O)Nc2nc3c(s2)CN(Cc2c(F)cc(C#N)cc2F)C3)cc1. The van der Waals surface area contributed by atoms with E-state index in [1.807, 2.05) is 4.90 Å². The van der Waals surface area contributed by atoms with E-state index in [1.165, 1.54) is 23.5 Å². The second-order valence-corrected chi connectivity index (χ2v) is 11.2. The van der Waals surface area contributed by atoms with Gasteiger partial charge in [0, 0.05) is 30.1 Å². The molecule has 0 fully saturated rings. The molecule has 0 aliphatic carbocycles. The summed E-state index contributed by atoms with van der Waals surface area (Å²) in [6, 6.07) is 9.98. The first kappa shape index (κ1) is 23.9. The number of anilines is 1. The number of carbonyl (C=O) groups excluding carboxylic acids is 1. The molecule has 1 N–H and O–H groups in total. The average Bonchev–Trinajstić information content (AvgIpc) is 3.34. The van der Waals surface area contributed by atoms with Crippen molar-refractivity contribution in [2.45, 2.75) is 37.9 Å². The molecule has 0 spiro atoms. The molecule has 3 aromatic rings. The van der Waals surface area contributed by atoms with E-state index in [9.17, 15) is 22.0 Å². The molecule has 1 aromatic heterocycles. The smallest absolute Gasteiger partial charge is 0.230 e. The van der Waals surface area contributed by atoms with E-state index in [0.29, 0.717) is 23.8 Å². The molecule has 2 aromatic carbocycles. The predicted octanol–water partition coefficient (Wildman–Crippen LogP) is 3.78. The van der Waals surface area contributed by atoms with Crippen molar-refractivity contribution in [3.63, 3.8) is 0 Å². The van der Waals surface area contributed by atoms with E-state index in [4.69, 9.17) is 5.26 Å². The Kier molecular flexibility index (Phi) is 6.74. The molecule has 0 saturated carbocycles. The number of carbonyl (C=O) groups is 1. The van der Waals surface area contributed by atoms with Crippen LogP contribution in [0.3, 0.4) is 0 Å². The van der Waals surface area contributed by atoms with Gasteiger partial charge in [-0.1, -0.05) is 19.1 Å². The van der Waals surface area contributed by atoms with Gasteiger partial charge in [-0.05, 0) is 29.8 Å². The van der Waals surface area contributed by atoms with Gasteiger partial charge in [0.2, 0.25) is 5.91 Å². The third-order valence-electron chi connectivity index (χ3n) is 5.44. The molecule has 4 rings (SSSR count). The Balaban J connectivity index is 1.35. The molecule has 0 saturated heterocycles. The van der Waals surface area contributed by atoms with E-state index >= 15 is 0 Å². The van der Waals surface area contributed by atoms with Crippen LogP contribution in [-0.2, 0) is 40.7 Å². The van der Waals surface area contributed by atoms with Crippen LogP contribution in [0.2, 0.25) is 0 Å². The standard InChI is InChI=1S/C23H20F2N4O3S2/c1-2-34(31,32)16-5-3-14(4-6-16)9-22(30)28-23-27-20-12-29(13-21(20)33-23)11-17-18(24)7-15(10-26)8-19(17)25/h3-8H,2,9,11-13H2,1H3,(H,27,28,30). The van der Waals surface area contributed by atoms with Gasteiger partial charge in [-0.25, -0.2) is 22.2 Å². The lowest BCUT2D eigenvalue weighted by atomic mass is 10.1. The maximum Gasteiger partial charge on any atom is 0.230 e. The Morgan fingerprint density at radius 1 is 1.21 bits per heavy atom. The lowest BCUT2D eigenvalue weighted by Crippen LogP contribution is -2.18. The number of fused-ring (bicyclic) bond motifs is 1. The van der Waals surface area contributed by atoms with Crippen LogP contribution in [-0.4, -0.2) is 30.0 Å². The van der Waals surface area contributed by atoms with Crippen molar-refractivity contribution >= 4 is 32.2 Å². The summed E-state index contributed by atoms with van der Waals surface area (Å²) in [6.07, 6.45) is 0.0695. The summed E-state index contributed by atoms with van der Waals surface area (Å²) in [5.74, 6) is -1.78. The fraction of sp³-hybridized carbons (Fsp3) is 0.261. The first-order valence-electron chi connectivity index (χ1n) is 10.4. The van der Waals surface area contributed by atoms with Gasteiger partial charge < -0.3 is 5.32 Å². The third-order valence-corrected chi connectivity index (χ3v) is 8.19. The maximum atomic E-state index is 14.2. The lowest BCUT2D eigenvalue weighted by Gasteiger charge is -2.16. The van der Waals surface area contributed by atoms with Gasteiger partial charge in [0.05, 0.1) is 34.4 Å². The van der Waals surface area contributed by atoms with Crippen molar-refractivity contribution < 1.29 is 22.0 Å². The van der Waals surface area contributed by atoms with Crippen LogP contribution in [0.25, 0.3) is 0 Å². The maximum absolute atomic E-state index is 14.2. The predicted molar refractivity (Wildman–Crippen MR) is 123 cm³/mol. The normalized spacial score (nSPS) is 13.5. The Labute approximate surface area is 199 Å². The van der Waals surface area contributed by atoms with E-state index in [0.717, 1.165) is 22.7 Å². The molecule has 0 radical (unpaired) electrons. The molecular weight excluding hydrogens is 482 g/mol. The molecular formula is C23H20F2N4O3S2. The van der Waals surface area contributed by atoms with Crippen molar-refractivity contribution in [1.82, 2.24) is 9.88 Å². The van der Waals surface area contributed by atoms with E-state index < -0.39 is 21.5 Å². The van der Waals surface area contributed by atoms with Gasteiger partial charge in [-0.2, -0.15) is 5.26 Å². The average molecular weight is 503 g/mol. The topological polar surface area (TPSA) is 103 Å². The summed E-state index contributed by atoms with van der Waals surface area (Å²) in [6.45, 7) is 2.44. The Morgan fingerprint density at radius 2 is 1.88 bits per heavy atom. The van der Waals surface area contributed by atoms with E-state index in [2.05, 4.69) is 10.3 Å². The van der Waals surface area contributed by atoms with Crippen molar-refractivity contribution in [1.29, 1.82) is 5.26 Å². The third kappa shape index (κ3) is 5.14. The van der Waals surface area contributed by atoms with Crippen LogP contribution in [0.5, 0.6) is 0 Å². The number of rotatable bonds is 7. The minimum Gasteiger partial charge on any atom is -0.302 e. The number of aromatic nitrogens is 1. The molecule has 1 amide bonds. The number of hydrogen-bond donors (Lipinski definition) is 1. The molecule has 11 heteroatoms.